The maximum absolute atomic E-state index is 12.7. The van der Waals surface area contributed by atoms with Gasteiger partial charge in [-0.1, -0.05) is 65.9 Å². The van der Waals surface area contributed by atoms with Gasteiger partial charge in [0, 0.05) is 18.7 Å². The van der Waals surface area contributed by atoms with Crippen molar-refractivity contribution in [3.8, 4) is 0 Å². The van der Waals surface area contributed by atoms with E-state index in [1.165, 1.54) is 22.2 Å². The van der Waals surface area contributed by atoms with E-state index in [1.807, 2.05) is 69.3 Å². The van der Waals surface area contributed by atoms with Crippen LogP contribution in [0.3, 0.4) is 0 Å². The average molecular weight is 411 g/mol. The number of carbonyl (C=O) groups is 2. The fourth-order valence-electron chi connectivity index (χ4n) is 2.82. The molecule has 0 spiro atoms. The molecule has 3 rings (SSSR count). The number of benzene rings is 2. The van der Waals surface area contributed by atoms with Gasteiger partial charge in [0.15, 0.2) is 0 Å². The summed E-state index contributed by atoms with van der Waals surface area (Å²) in [5.74, 6) is -0.277. The molecule has 28 heavy (non-hydrogen) atoms. The third kappa shape index (κ3) is 4.69. The molecular weight excluding hydrogens is 388 g/mol. The summed E-state index contributed by atoms with van der Waals surface area (Å²) in [5.41, 5.74) is 5.09. The van der Waals surface area contributed by atoms with Crippen LogP contribution in [-0.4, -0.2) is 27.6 Å². The van der Waals surface area contributed by atoms with E-state index in [0.717, 1.165) is 22.4 Å². The van der Waals surface area contributed by atoms with Crippen molar-refractivity contribution in [1.82, 2.24) is 4.90 Å². The van der Waals surface area contributed by atoms with Crippen LogP contribution in [0.15, 0.2) is 47.4 Å². The lowest BCUT2D eigenvalue weighted by Gasteiger charge is -2.15. The number of hydrogen-bond donors (Lipinski definition) is 1. The highest BCUT2D eigenvalue weighted by atomic mass is 32.2. The quantitative estimate of drug-likeness (QED) is 0.566. The molecule has 1 aliphatic heterocycles. The largest absolute Gasteiger partial charge is 0.326 e. The van der Waals surface area contributed by atoms with Crippen molar-refractivity contribution in [2.24, 2.45) is 0 Å². The van der Waals surface area contributed by atoms with Gasteiger partial charge in [-0.15, -0.1) is 0 Å². The van der Waals surface area contributed by atoms with Crippen LogP contribution in [-0.2, 0) is 9.59 Å². The number of aryl methyl sites for hydroxylation is 2. The number of rotatable bonds is 5. The zero-order valence-electron chi connectivity index (χ0n) is 16.1. The molecular formula is C22H22N2O2S2. The van der Waals surface area contributed by atoms with Crippen molar-refractivity contribution < 1.29 is 9.59 Å². The standard InChI is InChI=1S/C22H22N2O2S2/c1-14-7-9-17(10-8-14)13-19-21(26)24(22(27)28-19)12-11-20(25)23-18-6-4-5-15(2)16(18)3/h4-10,13H,11-12H2,1-3H3,(H,23,25)/b19-13+. The number of carbonyl (C=O) groups excluding carboxylic acids is 2. The minimum absolute atomic E-state index is 0.134. The Kier molecular flexibility index (Phi) is 6.31. The molecule has 0 atom stereocenters. The van der Waals surface area contributed by atoms with Gasteiger partial charge in [-0.3, -0.25) is 14.5 Å². The predicted molar refractivity (Wildman–Crippen MR) is 120 cm³/mol. The summed E-state index contributed by atoms with van der Waals surface area (Å²) in [6.45, 7) is 6.27. The Morgan fingerprint density at radius 3 is 2.57 bits per heavy atom. The molecule has 1 fully saturated rings. The number of thioether (sulfide) groups is 1. The fraction of sp³-hybridized carbons (Fsp3) is 0.227. The van der Waals surface area contributed by atoms with Gasteiger partial charge >= 0.3 is 0 Å². The van der Waals surface area contributed by atoms with Gasteiger partial charge in [0.1, 0.15) is 4.32 Å². The van der Waals surface area contributed by atoms with Gasteiger partial charge < -0.3 is 5.32 Å². The Labute approximate surface area is 175 Å². The summed E-state index contributed by atoms with van der Waals surface area (Å²) >= 11 is 6.62. The van der Waals surface area contributed by atoms with Crippen molar-refractivity contribution in [3.05, 3.63) is 69.6 Å². The highest BCUT2D eigenvalue weighted by Gasteiger charge is 2.32. The average Bonchev–Trinajstić information content (AvgIpc) is 2.92. The van der Waals surface area contributed by atoms with Crippen LogP contribution in [0.4, 0.5) is 5.69 Å². The topological polar surface area (TPSA) is 49.4 Å². The second kappa shape index (κ2) is 8.71. The van der Waals surface area contributed by atoms with Crippen molar-refractivity contribution in [2.45, 2.75) is 27.2 Å². The molecule has 2 aromatic rings. The van der Waals surface area contributed by atoms with E-state index in [4.69, 9.17) is 12.2 Å². The first-order chi connectivity index (χ1) is 13.3. The number of hydrogen-bond acceptors (Lipinski definition) is 4. The smallest absolute Gasteiger partial charge is 0.266 e. The van der Waals surface area contributed by atoms with Gasteiger partial charge in [0.2, 0.25) is 5.91 Å². The Balaban J connectivity index is 1.62. The number of nitrogens with one attached hydrogen (secondary N) is 1. The molecule has 0 bridgehead atoms. The second-order valence-corrected chi connectivity index (χ2v) is 8.47. The predicted octanol–water partition coefficient (Wildman–Crippen LogP) is 4.84. The third-order valence-electron chi connectivity index (χ3n) is 4.69. The summed E-state index contributed by atoms with van der Waals surface area (Å²) in [5, 5.41) is 2.92. The normalized spacial score (nSPS) is 15.4. The molecule has 0 radical (unpaired) electrons. The molecule has 2 aromatic carbocycles. The van der Waals surface area contributed by atoms with Crippen LogP contribution in [0, 0.1) is 20.8 Å². The molecule has 1 aliphatic rings. The van der Waals surface area contributed by atoms with E-state index in [0.29, 0.717) is 9.23 Å². The SMILES string of the molecule is Cc1ccc(/C=C2/SC(=S)N(CCC(=O)Nc3cccc(C)c3C)C2=O)cc1. The zero-order valence-corrected chi connectivity index (χ0v) is 17.7. The first-order valence-electron chi connectivity index (χ1n) is 9.03. The maximum Gasteiger partial charge on any atom is 0.266 e. The Hall–Kier alpha value is -2.44. The molecule has 0 aliphatic carbocycles. The second-order valence-electron chi connectivity index (χ2n) is 6.79. The van der Waals surface area contributed by atoms with Crippen LogP contribution < -0.4 is 5.32 Å². The van der Waals surface area contributed by atoms with Crippen molar-refractivity contribution in [1.29, 1.82) is 0 Å². The molecule has 6 heteroatoms. The van der Waals surface area contributed by atoms with E-state index in [2.05, 4.69) is 5.32 Å². The maximum atomic E-state index is 12.7. The first-order valence-corrected chi connectivity index (χ1v) is 10.3. The van der Waals surface area contributed by atoms with E-state index < -0.39 is 0 Å². The van der Waals surface area contributed by atoms with Gasteiger partial charge in [0.05, 0.1) is 4.91 Å². The lowest BCUT2D eigenvalue weighted by atomic mass is 10.1. The molecule has 144 valence electrons. The number of anilines is 1. The summed E-state index contributed by atoms with van der Waals surface area (Å²) in [7, 11) is 0. The summed E-state index contributed by atoms with van der Waals surface area (Å²) in [6.07, 6.45) is 2.03. The fourth-order valence-corrected chi connectivity index (χ4v) is 4.13. The van der Waals surface area contributed by atoms with Crippen LogP contribution in [0.2, 0.25) is 0 Å². The zero-order chi connectivity index (χ0) is 20.3. The summed E-state index contributed by atoms with van der Waals surface area (Å²) in [4.78, 5) is 27.1. The first kappa shape index (κ1) is 20.3. The minimum atomic E-state index is -0.143. The Morgan fingerprint density at radius 2 is 1.86 bits per heavy atom. The molecule has 4 nitrogen and oxygen atoms in total. The molecule has 0 saturated carbocycles. The Bertz CT molecular complexity index is 965. The summed E-state index contributed by atoms with van der Waals surface area (Å²) in [6, 6.07) is 13.7. The van der Waals surface area contributed by atoms with Gasteiger partial charge in [-0.2, -0.15) is 0 Å². The number of thiocarbonyl (C=S) groups is 1. The van der Waals surface area contributed by atoms with E-state index in [9.17, 15) is 9.59 Å². The molecule has 0 aromatic heterocycles. The van der Waals surface area contributed by atoms with Gasteiger partial charge in [-0.25, -0.2) is 0 Å². The van der Waals surface area contributed by atoms with Crippen LogP contribution in [0.1, 0.15) is 28.7 Å². The van der Waals surface area contributed by atoms with Gasteiger partial charge in [-0.05, 0) is 49.6 Å². The van der Waals surface area contributed by atoms with Crippen molar-refractivity contribution in [2.75, 3.05) is 11.9 Å². The van der Waals surface area contributed by atoms with E-state index >= 15 is 0 Å². The van der Waals surface area contributed by atoms with Crippen LogP contribution >= 0.6 is 24.0 Å². The van der Waals surface area contributed by atoms with Crippen LogP contribution in [0.25, 0.3) is 6.08 Å². The van der Waals surface area contributed by atoms with Gasteiger partial charge in [0.25, 0.3) is 5.91 Å². The highest BCUT2D eigenvalue weighted by molar-refractivity contribution is 8.26. The highest BCUT2D eigenvalue weighted by Crippen LogP contribution is 2.32. The van der Waals surface area contributed by atoms with Crippen molar-refractivity contribution in [3.63, 3.8) is 0 Å². The lowest BCUT2D eigenvalue weighted by Crippen LogP contribution is -2.31. The molecule has 1 N–H and O–H groups in total. The third-order valence-corrected chi connectivity index (χ3v) is 6.07. The lowest BCUT2D eigenvalue weighted by molar-refractivity contribution is -0.122. The number of amides is 2. The Morgan fingerprint density at radius 1 is 1.14 bits per heavy atom. The van der Waals surface area contributed by atoms with E-state index in [1.54, 1.807) is 0 Å². The number of nitrogens with zero attached hydrogens (tertiary/aromatic N) is 1. The monoisotopic (exact) mass is 410 g/mol. The molecule has 2 amide bonds. The minimum Gasteiger partial charge on any atom is -0.326 e. The molecule has 0 unspecified atom stereocenters. The van der Waals surface area contributed by atoms with E-state index in [-0.39, 0.29) is 24.8 Å². The van der Waals surface area contributed by atoms with Crippen LogP contribution in [0.5, 0.6) is 0 Å². The molecule has 1 saturated heterocycles. The summed E-state index contributed by atoms with van der Waals surface area (Å²) < 4.78 is 0.489. The molecule has 1 heterocycles. The van der Waals surface area contributed by atoms with Crippen molar-refractivity contribution >= 4 is 51.9 Å².